The molecule has 6 nitrogen and oxygen atoms in total. The first kappa shape index (κ1) is 25.6. The first-order valence-electron chi connectivity index (χ1n) is 11.9. The van der Waals surface area contributed by atoms with Crippen LogP contribution in [0.2, 0.25) is 0 Å². The Morgan fingerprint density at radius 1 is 1.17 bits per heavy atom. The Kier molecular flexibility index (Phi) is 7.24. The van der Waals surface area contributed by atoms with Crippen LogP contribution in [0.4, 0.5) is 18.0 Å². The molecule has 1 aromatic carbocycles. The van der Waals surface area contributed by atoms with Crippen molar-refractivity contribution < 1.29 is 27.5 Å². The number of hydrogen-bond donors (Lipinski definition) is 2. The summed E-state index contributed by atoms with van der Waals surface area (Å²) in [5.74, 6) is -0.206. The number of alkyl carbamates (subject to hydrolysis) is 1. The number of carbonyl (C=O) groups is 2. The maximum Gasteiger partial charge on any atom is 0.416 e. The minimum atomic E-state index is -4.50. The van der Waals surface area contributed by atoms with Gasteiger partial charge >= 0.3 is 12.3 Å². The predicted octanol–water partition coefficient (Wildman–Crippen LogP) is 5.92. The second-order valence-corrected chi connectivity index (χ2v) is 11.2. The van der Waals surface area contributed by atoms with E-state index >= 15 is 0 Å². The van der Waals surface area contributed by atoms with Crippen LogP contribution < -0.4 is 10.6 Å². The average Bonchev–Trinajstić information content (AvgIpc) is 3.54. The molecule has 2 aromatic rings. The third-order valence-corrected chi connectivity index (χ3v) is 7.23. The summed E-state index contributed by atoms with van der Waals surface area (Å²) in [6.07, 6.45) is -0.826. The topological polar surface area (TPSA) is 80.3 Å². The molecule has 35 heavy (non-hydrogen) atoms. The number of piperidine rings is 1. The summed E-state index contributed by atoms with van der Waals surface area (Å²) in [7, 11) is 0. The highest BCUT2D eigenvalue weighted by molar-refractivity contribution is 7.15. The Labute approximate surface area is 206 Å². The summed E-state index contributed by atoms with van der Waals surface area (Å²) in [6.45, 7) is 5.90. The number of thiazole rings is 1. The Hall–Kier alpha value is -2.46. The zero-order valence-corrected chi connectivity index (χ0v) is 20.8. The number of halogens is 3. The Bertz CT molecular complexity index is 1080. The van der Waals surface area contributed by atoms with Crippen LogP contribution in [0.15, 0.2) is 24.3 Å². The molecule has 2 aliphatic rings. The minimum absolute atomic E-state index is 0.102. The van der Waals surface area contributed by atoms with Crippen LogP contribution in [-0.4, -0.2) is 41.1 Å². The van der Waals surface area contributed by atoms with Gasteiger partial charge in [0.2, 0.25) is 5.78 Å². The zero-order chi connectivity index (χ0) is 25.4. The van der Waals surface area contributed by atoms with Crippen LogP contribution in [0, 0.1) is 0 Å². The molecule has 4 rings (SSSR count). The Morgan fingerprint density at radius 3 is 2.51 bits per heavy atom. The molecule has 1 amide bonds. The van der Waals surface area contributed by atoms with Crippen molar-refractivity contribution in [3.63, 3.8) is 0 Å². The Balaban J connectivity index is 1.71. The highest BCUT2D eigenvalue weighted by Gasteiger charge is 2.38. The normalized spacial score (nSPS) is 19.8. The van der Waals surface area contributed by atoms with E-state index < -0.39 is 35.3 Å². The number of benzene rings is 1. The second kappa shape index (κ2) is 9.89. The van der Waals surface area contributed by atoms with Gasteiger partial charge in [-0.05, 0) is 70.7 Å². The number of aromatic nitrogens is 1. The maximum absolute atomic E-state index is 13.9. The monoisotopic (exact) mass is 509 g/mol. The number of nitrogens with one attached hydrogen (secondary N) is 2. The third kappa shape index (κ3) is 6.41. The minimum Gasteiger partial charge on any atom is -0.444 e. The molecular formula is C25H30F3N3O3S. The van der Waals surface area contributed by atoms with Crippen molar-refractivity contribution in [2.45, 2.75) is 82.7 Å². The highest BCUT2D eigenvalue weighted by Crippen LogP contribution is 2.45. The van der Waals surface area contributed by atoms with Gasteiger partial charge in [0.1, 0.15) is 17.3 Å². The SMILES string of the molecule is CC(C)(C)OC(=O)N[C@H](C(=O)c1nc(C2CC2)sc1-c1cccc(C(F)(F)F)c1)C1CCCCN1. The first-order valence-corrected chi connectivity index (χ1v) is 12.7. The molecular weight excluding hydrogens is 479 g/mol. The lowest BCUT2D eigenvalue weighted by Crippen LogP contribution is -2.56. The van der Waals surface area contributed by atoms with E-state index in [0.29, 0.717) is 23.4 Å². The van der Waals surface area contributed by atoms with Gasteiger partial charge in [-0.15, -0.1) is 11.3 Å². The van der Waals surface area contributed by atoms with Gasteiger partial charge in [0.05, 0.1) is 15.4 Å². The van der Waals surface area contributed by atoms with Gasteiger partial charge in [0.15, 0.2) is 0 Å². The zero-order valence-electron chi connectivity index (χ0n) is 20.0. The van der Waals surface area contributed by atoms with Gasteiger partial charge in [0.25, 0.3) is 0 Å². The number of nitrogens with zero attached hydrogens (tertiary/aromatic N) is 1. The fraction of sp³-hybridized carbons (Fsp3) is 0.560. The van der Waals surface area contributed by atoms with E-state index in [0.717, 1.165) is 42.8 Å². The van der Waals surface area contributed by atoms with E-state index in [-0.39, 0.29) is 17.7 Å². The molecule has 1 saturated carbocycles. The van der Waals surface area contributed by atoms with Crippen molar-refractivity contribution >= 4 is 23.2 Å². The third-order valence-electron chi connectivity index (χ3n) is 5.96. The van der Waals surface area contributed by atoms with Crippen LogP contribution in [0.3, 0.4) is 0 Å². The standard InChI is InChI=1S/C25H30F3N3O3S/c1-24(2,3)34-23(33)31-18(17-9-4-5-12-29-17)20(32)19-21(35-22(30-19)14-10-11-14)15-7-6-8-16(13-15)25(26,27)28/h6-8,13-14,17-18,29H,4-5,9-12H2,1-3H3,(H,31,33)/t17?,18-/m0/s1. The lowest BCUT2D eigenvalue weighted by Gasteiger charge is -2.31. The van der Waals surface area contributed by atoms with Crippen molar-refractivity contribution in [3.8, 4) is 10.4 Å². The Morgan fingerprint density at radius 2 is 1.91 bits per heavy atom. The molecule has 0 spiro atoms. The summed E-state index contributed by atoms with van der Waals surface area (Å²) < 4.78 is 45.6. The molecule has 0 bridgehead atoms. The lowest BCUT2D eigenvalue weighted by molar-refractivity contribution is -0.137. The van der Waals surface area contributed by atoms with Gasteiger partial charge in [-0.1, -0.05) is 18.6 Å². The van der Waals surface area contributed by atoms with E-state index in [4.69, 9.17) is 4.74 Å². The van der Waals surface area contributed by atoms with Crippen molar-refractivity contribution in [2.75, 3.05) is 6.54 Å². The van der Waals surface area contributed by atoms with Crippen molar-refractivity contribution in [3.05, 3.63) is 40.5 Å². The number of amides is 1. The lowest BCUT2D eigenvalue weighted by atomic mass is 9.93. The molecule has 1 aliphatic heterocycles. The molecule has 1 aliphatic carbocycles. The fourth-order valence-corrected chi connectivity index (χ4v) is 5.37. The summed E-state index contributed by atoms with van der Waals surface area (Å²) in [5.41, 5.74) is -1.14. The van der Waals surface area contributed by atoms with Crippen LogP contribution in [-0.2, 0) is 10.9 Å². The molecule has 1 unspecified atom stereocenters. The summed E-state index contributed by atoms with van der Waals surface area (Å²) in [5, 5.41) is 6.77. The predicted molar refractivity (Wildman–Crippen MR) is 128 cm³/mol. The molecule has 1 aromatic heterocycles. The van der Waals surface area contributed by atoms with E-state index in [1.807, 2.05) is 0 Å². The quantitative estimate of drug-likeness (QED) is 0.472. The number of Topliss-reactive ketones (excluding diaryl/α,β-unsaturated/α-hetero) is 1. The first-order chi connectivity index (χ1) is 16.4. The van der Waals surface area contributed by atoms with Gasteiger partial charge in [-0.25, -0.2) is 9.78 Å². The molecule has 2 atom stereocenters. The molecule has 2 heterocycles. The molecule has 10 heteroatoms. The number of ketones is 1. The molecule has 1 saturated heterocycles. The second-order valence-electron chi connectivity index (χ2n) is 10.1. The molecule has 2 N–H and O–H groups in total. The van der Waals surface area contributed by atoms with Crippen LogP contribution in [0.25, 0.3) is 10.4 Å². The van der Waals surface area contributed by atoms with Crippen LogP contribution in [0.5, 0.6) is 0 Å². The highest BCUT2D eigenvalue weighted by atomic mass is 32.1. The fourth-order valence-electron chi connectivity index (χ4n) is 4.13. The molecule has 0 radical (unpaired) electrons. The van der Waals surface area contributed by atoms with Gasteiger partial charge in [-0.2, -0.15) is 13.2 Å². The largest absolute Gasteiger partial charge is 0.444 e. The number of ether oxygens (including phenoxy) is 1. The summed E-state index contributed by atoms with van der Waals surface area (Å²) >= 11 is 1.26. The maximum atomic E-state index is 13.9. The number of carbonyl (C=O) groups excluding carboxylic acids is 2. The smallest absolute Gasteiger partial charge is 0.416 e. The van der Waals surface area contributed by atoms with Crippen molar-refractivity contribution in [1.29, 1.82) is 0 Å². The van der Waals surface area contributed by atoms with E-state index in [1.165, 1.54) is 17.4 Å². The number of alkyl halides is 3. The van der Waals surface area contributed by atoms with E-state index in [9.17, 15) is 22.8 Å². The number of rotatable bonds is 6. The number of hydrogen-bond acceptors (Lipinski definition) is 6. The van der Waals surface area contributed by atoms with Gasteiger partial charge in [0, 0.05) is 12.0 Å². The summed E-state index contributed by atoms with van der Waals surface area (Å²) in [4.78, 5) is 31.5. The van der Waals surface area contributed by atoms with Crippen LogP contribution in [0.1, 0.15) is 79.9 Å². The molecule has 190 valence electrons. The average molecular weight is 510 g/mol. The summed E-state index contributed by atoms with van der Waals surface area (Å²) in [6, 6.07) is 3.67. The van der Waals surface area contributed by atoms with Crippen molar-refractivity contribution in [2.24, 2.45) is 0 Å². The van der Waals surface area contributed by atoms with Gasteiger partial charge < -0.3 is 15.4 Å². The van der Waals surface area contributed by atoms with Gasteiger partial charge in [-0.3, -0.25) is 4.79 Å². The van der Waals surface area contributed by atoms with E-state index in [2.05, 4.69) is 15.6 Å². The molecule has 2 fully saturated rings. The van der Waals surface area contributed by atoms with Crippen LogP contribution >= 0.6 is 11.3 Å². The van der Waals surface area contributed by atoms with Crippen molar-refractivity contribution in [1.82, 2.24) is 15.6 Å². The van der Waals surface area contributed by atoms with E-state index in [1.54, 1.807) is 26.8 Å².